The van der Waals surface area contributed by atoms with Crippen molar-refractivity contribution in [2.45, 2.75) is 6.42 Å². The van der Waals surface area contributed by atoms with E-state index in [4.69, 9.17) is 35.4 Å². The van der Waals surface area contributed by atoms with Crippen LogP contribution < -0.4 is 0 Å². The molecule has 0 amide bonds. The van der Waals surface area contributed by atoms with Crippen LogP contribution in [0.15, 0.2) is 34.7 Å². The quantitative estimate of drug-likeness (QED) is 0.514. The second-order valence-electron chi connectivity index (χ2n) is 4.59. The molecule has 3 aromatic rings. The van der Waals surface area contributed by atoms with Crippen LogP contribution in [0.4, 0.5) is 0 Å². The highest BCUT2D eigenvalue weighted by molar-refractivity contribution is 7.71. The average molecular weight is 385 g/mol. The molecule has 2 N–H and O–H groups in total. The molecule has 0 radical (unpaired) electrons. The Bertz CT molecular complexity index is 892. The summed E-state index contributed by atoms with van der Waals surface area (Å²) in [5.74, 6) is 0.550. The van der Waals surface area contributed by atoms with Crippen LogP contribution in [-0.2, 0) is 6.42 Å². The average Bonchev–Trinajstić information content (AvgIpc) is 3.14. The van der Waals surface area contributed by atoms with E-state index >= 15 is 0 Å². The molecule has 0 aliphatic rings. The van der Waals surface area contributed by atoms with Crippen LogP contribution in [0.1, 0.15) is 16.3 Å². The maximum absolute atomic E-state index is 9.57. The Labute approximate surface area is 150 Å². The largest absolute Gasteiger partial charge is 0.505 e. The second kappa shape index (κ2) is 6.84. The summed E-state index contributed by atoms with van der Waals surface area (Å²) in [6.07, 6.45) is 2.18. The summed E-state index contributed by atoms with van der Waals surface area (Å²) in [5.41, 5.74) is 0.642. The first kappa shape index (κ1) is 16.2. The Morgan fingerprint density at radius 1 is 1.39 bits per heavy atom. The topological polar surface area (TPSA) is 66.2 Å². The fraction of sp³-hybridized carbons (Fsp3) is 0.0714. The van der Waals surface area contributed by atoms with Gasteiger partial charge in [0.15, 0.2) is 11.6 Å². The van der Waals surface area contributed by atoms with E-state index in [1.54, 1.807) is 34.4 Å². The number of aromatic nitrogens is 3. The van der Waals surface area contributed by atoms with E-state index in [0.717, 1.165) is 4.88 Å². The van der Waals surface area contributed by atoms with Gasteiger partial charge in [-0.25, -0.2) is 0 Å². The summed E-state index contributed by atoms with van der Waals surface area (Å²) >= 11 is 18.6. The highest BCUT2D eigenvalue weighted by atomic mass is 35.5. The fourth-order valence-corrected chi connectivity index (χ4v) is 3.31. The Kier molecular flexibility index (Phi) is 4.82. The zero-order valence-corrected chi connectivity index (χ0v) is 14.7. The molecule has 2 heterocycles. The number of halogens is 2. The minimum atomic E-state index is -0.149. The lowest BCUT2D eigenvalue weighted by atomic mass is 10.2. The van der Waals surface area contributed by atoms with Gasteiger partial charge in [-0.3, -0.25) is 5.10 Å². The predicted octanol–water partition coefficient (Wildman–Crippen LogP) is 4.49. The van der Waals surface area contributed by atoms with E-state index in [9.17, 15) is 5.11 Å². The van der Waals surface area contributed by atoms with Crippen molar-refractivity contribution >= 4 is 53.0 Å². The number of thiophene rings is 1. The zero-order chi connectivity index (χ0) is 16.4. The Balaban J connectivity index is 1.91. The normalized spacial score (nSPS) is 11.4. The van der Waals surface area contributed by atoms with Crippen LogP contribution in [0, 0.1) is 4.77 Å². The zero-order valence-electron chi connectivity index (χ0n) is 11.5. The van der Waals surface area contributed by atoms with Crippen molar-refractivity contribution in [1.29, 1.82) is 0 Å². The highest BCUT2D eigenvalue weighted by Crippen LogP contribution is 2.32. The number of phenolic OH excluding ortho intramolecular Hbond substituents is 1. The molecule has 23 heavy (non-hydrogen) atoms. The van der Waals surface area contributed by atoms with E-state index in [-0.39, 0.29) is 15.8 Å². The molecule has 0 aliphatic carbocycles. The lowest BCUT2D eigenvalue weighted by molar-refractivity contribution is 0.476. The molecule has 1 aromatic carbocycles. The van der Waals surface area contributed by atoms with Crippen molar-refractivity contribution < 1.29 is 5.11 Å². The van der Waals surface area contributed by atoms with Gasteiger partial charge < -0.3 is 5.11 Å². The van der Waals surface area contributed by atoms with Crippen molar-refractivity contribution in [2.24, 2.45) is 5.10 Å². The maximum atomic E-state index is 9.57. The number of benzene rings is 1. The fourth-order valence-electron chi connectivity index (χ4n) is 1.91. The first-order valence-corrected chi connectivity index (χ1v) is 8.50. The van der Waals surface area contributed by atoms with Gasteiger partial charge in [-0.05, 0) is 41.4 Å². The van der Waals surface area contributed by atoms with Gasteiger partial charge in [-0.1, -0.05) is 29.3 Å². The molecule has 5 nitrogen and oxygen atoms in total. The number of hydrogen-bond donors (Lipinski definition) is 2. The van der Waals surface area contributed by atoms with E-state index in [1.165, 1.54) is 0 Å². The standard InChI is InChI=1S/C14H10Cl2N4OS2/c15-10-4-8(5-11(16)13(10)21)7-17-20-12(18-19-14(20)22)6-9-2-1-3-23-9/h1-5,7,21H,6H2,(H,19,22)/b17-7-. The van der Waals surface area contributed by atoms with E-state index in [1.807, 2.05) is 17.5 Å². The van der Waals surface area contributed by atoms with Crippen molar-refractivity contribution in [3.63, 3.8) is 0 Å². The van der Waals surface area contributed by atoms with Crippen LogP contribution >= 0.6 is 46.8 Å². The second-order valence-corrected chi connectivity index (χ2v) is 6.82. The Morgan fingerprint density at radius 2 is 2.13 bits per heavy atom. The number of nitrogens with zero attached hydrogens (tertiary/aromatic N) is 3. The van der Waals surface area contributed by atoms with Gasteiger partial charge in [-0.2, -0.15) is 14.9 Å². The SMILES string of the molecule is Oc1c(Cl)cc(/C=N\n2c(Cc3cccs3)n[nH]c2=S)cc1Cl. The summed E-state index contributed by atoms with van der Waals surface area (Å²) in [6.45, 7) is 0. The lowest BCUT2D eigenvalue weighted by Crippen LogP contribution is -1.99. The number of rotatable bonds is 4. The first-order chi connectivity index (χ1) is 11.0. The van der Waals surface area contributed by atoms with Crippen LogP contribution in [0.3, 0.4) is 0 Å². The first-order valence-electron chi connectivity index (χ1n) is 6.45. The molecule has 0 saturated heterocycles. The smallest absolute Gasteiger partial charge is 0.216 e. The number of aromatic hydroxyl groups is 1. The van der Waals surface area contributed by atoms with Crippen LogP contribution in [0.5, 0.6) is 5.75 Å². The Morgan fingerprint density at radius 3 is 2.78 bits per heavy atom. The van der Waals surface area contributed by atoms with Crippen LogP contribution in [0.2, 0.25) is 10.0 Å². The monoisotopic (exact) mass is 384 g/mol. The van der Waals surface area contributed by atoms with E-state index in [2.05, 4.69) is 15.3 Å². The van der Waals surface area contributed by atoms with Crippen molar-refractivity contribution in [3.8, 4) is 5.75 Å². The highest BCUT2D eigenvalue weighted by Gasteiger charge is 2.08. The molecule has 0 bridgehead atoms. The summed E-state index contributed by atoms with van der Waals surface area (Å²) in [7, 11) is 0. The third kappa shape index (κ3) is 3.64. The molecule has 118 valence electrons. The van der Waals surface area contributed by atoms with Gasteiger partial charge in [0.1, 0.15) is 0 Å². The number of nitrogens with one attached hydrogen (secondary N) is 1. The van der Waals surface area contributed by atoms with E-state index < -0.39 is 0 Å². The summed E-state index contributed by atoms with van der Waals surface area (Å²) in [4.78, 5) is 1.16. The summed E-state index contributed by atoms with van der Waals surface area (Å²) in [6, 6.07) is 7.13. The maximum Gasteiger partial charge on any atom is 0.216 e. The number of aromatic amines is 1. The van der Waals surface area contributed by atoms with E-state index in [0.29, 0.717) is 22.6 Å². The molecule has 0 aliphatic heterocycles. The number of hydrogen-bond acceptors (Lipinski definition) is 5. The van der Waals surface area contributed by atoms with Crippen LogP contribution in [-0.4, -0.2) is 26.2 Å². The Hall–Kier alpha value is -1.67. The molecule has 0 atom stereocenters. The van der Waals surface area contributed by atoms with Crippen molar-refractivity contribution in [2.75, 3.05) is 0 Å². The molecule has 0 unspecified atom stereocenters. The molecule has 0 saturated carbocycles. The third-order valence-corrected chi connectivity index (χ3v) is 4.71. The molecule has 0 spiro atoms. The summed E-state index contributed by atoms with van der Waals surface area (Å²) < 4.78 is 1.94. The molecule has 2 aromatic heterocycles. The molecule has 3 rings (SSSR count). The van der Waals surface area contributed by atoms with Gasteiger partial charge in [0.2, 0.25) is 4.77 Å². The predicted molar refractivity (Wildman–Crippen MR) is 95.7 cm³/mol. The van der Waals surface area contributed by atoms with Gasteiger partial charge >= 0.3 is 0 Å². The molecular formula is C14H10Cl2N4OS2. The summed E-state index contributed by atoms with van der Waals surface area (Å²) in [5, 5.41) is 23.2. The van der Waals surface area contributed by atoms with Gasteiger partial charge in [-0.15, -0.1) is 11.3 Å². The number of phenols is 1. The minimum Gasteiger partial charge on any atom is -0.505 e. The van der Waals surface area contributed by atoms with Crippen molar-refractivity contribution in [1.82, 2.24) is 14.9 Å². The van der Waals surface area contributed by atoms with Crippen LogP contribution in [0.25, 0.3) is 0 Å². The lowest BCUT2D eigenvalue weighted by Gasteiger charge is -2.02. The molecule has 9 heteroatoms. The molecular weight excluding hydrogens is 375 g/mol. The minimum absolute atomic E-state index is 0.149. The molecule has 0 fully saturated rings. The van der Waals surface area contributed by atoms with Gasteiger partial charge in [0.25, 0.3) is 0 Å². The number of H-pyrrole nitrogens is 1. The third-order valence-electron chi connectivity index (χ3n) is 2.99. The van der Waals surface area contributed by atoms with Gasteiger partial charge in [0, 0.05) is 11.3 Å². The van der Waals surface area contributed by atoms with Gasteiger partial charge in [0.05, 0.1) is 16.3 Å². The van der Waals surface area contributed by atoms with Crippen molar-refractivity contribution in [3.05, 3.63) is 60.7 Å².